The van der Waals surface area contributed by atoms with Crippen molar-refractivity contribution in [3.63, 3.8) is 0 Å². The van der Waals surface area contributed by atoms with E-state index < -0.39 is 0 Å². The van der Waals surface area contributed by atoms with Crippen LogP contribution in [0.2, 0.25) is 5.02 Å². The Morgan fingerprint density at radius 3 is 3.00 bits per heavy atom. The Morgan fingerprint density at radius 2 is 2.30 bits per heavy atom. The highest BCUT2D eigenvalue weighted by atomic mass is 35.5. The minimum Gasteiger partial charge on any atom is -0.378 e. The lowest BCUT2D eigenvalue weighted by Crippen LogP contribution is -2.27. The third-order valence-corrected chi connectivity index (χ3v) is 5.47. The van der Waals surface area contributed by atoms with Gasteiger partial charge in [0.1, 0.15) is 0 Å². The lowest BCUT2D eigenvalue weighted by Gasteiger charge is -2.17. The molecule has 1 fully saturated rings. The molecule has 0 amide bonds. The van der Waals surface area contributed by atoms with Gasteiger partial charge in [0, 0.05) is 23.3 Å². The summed E-state index contributed by atoms with van der Waals surface area (Å²) in [5, 5.41) is 4.27. The molecule has 0 bridgehead atoms. The van der Waals surface area contributed by atoms with Crippen molar-refractivity contribution in [3.05, 3.63) is 29.3 Å². The summed E-state index contributed by atoms with van der Waals surface area (Å²) in [4.78, 5) is 1.17. The summed E-state index contributed by atoms with van der Waals surface area (Å²) in [5.41, 5.74) is 0. The van der Waals surface area contributed by atoms with E-state index in [9.17, 15) is 0 Å². The van der Waals surface area contributed by atoms with Gasteiger partial charge in [-0.05, 0) is 51.3 Å². The highest BCUT2D eigenvalue weighted by Crippen LogP contribution is 2.27. The summed E-state index contributed by atoms with van der Waals surface area (Å²) in [6, 6.07) is 8.60. The van der Waals surface area contributed by atoms with Crippen LogP contribution in [0.1, 0.15) is 32.1 Å². The summed E-state index contributed by atoms with van der Waals surface area (Å²) in [5.74, 6) is 1.06. The topological polar surface area (TPSA) is 21.3 Å². The fourth-order valence-electron chi connectivity index (χ4n) is 2.53. The molecule has 20 heavy (non-hydrogen) atoms. The molecule has 2 unspecified atom stereocenters. The molecule has 2 rings (SSSR count). The van der Waals surface area contributed by atoms with Crippen LogP contribution in [-0.4, -0.2) is 31.6 Å². The number of thioether (sulfide) groups is 1. The summed E-state index contributed by atoms with van der Waals surface area (Å²) in [6.07, 6.45) is 6.65. The molecule has 0 saturated carbocycles. The molecule has 4 heteroatoms. The SMILES string of the molecule is CNC(CCCC1CCCO1)CSc1ccccc1Cl. The van der Waals surface area contributed by atoms with E-state index in [1.54, 1.807) is 0 Å². The quantitative estimate of drug-likeness (QED) is 0.720. The van der Waals surface area contributed by atoms with E-state index in [1.807, 2.05) is 37.0 Å². The van der Waals surface area contributed by atoms with Gasteiger partial charge in [0.25, 0.3) is 0 Å². The summed E-state index contributed by atoms with van der Waals surface area (Å²) in [7, 11) is 2.05. The van der Waals surface area contributed by atoms with E-state index in [4.69, 9.17) is 16.3 Å². The Kier molecular flexibility index (Phi) is 7.22. The van der Waals surface area contributed by atoms with Crippen LogP contribution in [0.4, 0.5) is 0 Å². The number of ether oxygens (including phenoxy) is 1. The number of rotatable bonds is 8. The van der Waals surface area contributed by atoms with Gasteiger partial charge in [-0.25, -0.2) is 0 Å². The lowest BCUT2D eigenvalue weighted by molar-refractivity contribution is 0.101. The Balaban J connectivity index is 1.68. The molecule has 1 N–H and O–H groups in total. The molecule has 1 aromatic rings. The van der Waals surface area contributed by atoms with Crippen LogP contribution in [-0.2, 0) is 4.74 Å². The Bertz CT molecular complexity index is 396. The Morgan fingerprint density at radius 1 is 1.45 bits per heavy atom. The lowest BCUT2D eigenvalue weighted by atomic mass is 10.1. The molecule has 0 aromatic heterocycles. The average molecular weight is 314 g/mol. The van der Waals surface area contributed by atoms with Crippen molar-refractivity contribution in [2.24, 2.45) is 0 Å². The number of halogens is 1. The Hall–Kier alpha value is -0.220. The van der Waals surface area contributed by atoms with Crippen molar-refractivity contribution in [1.29, 1.82) is 0 Å². The van der Waals surface area contributed by atoms with Crippen LogP contribution < -0.4 is 5.32 Å². The van der Waals surface area contributed by atoms with Gasteiger partial charge in [0.2, 0.25) is 0 Å². The fraction of sp³-hybridized carbons (Fsp3) is 0.625. The van der Waals surface area contributed by atoms with Crippen LogP contribution in [0.25, 0.3) is 0 Å². The second-order valence-corrected chi connectivity index (χ2v) is 6.76. The van der Waals surface area contributed by atoms with E-state index in [-0.39, 0.29) is 0 Å². The van der Waals surface area contributed by atoms with Crippen LogP contribution in [0.15, 0.2) is 29.2 Å². The van der Waals surface area contributed by atoms with Crippen molar-refractivity contribution in [2.75, 3.05) is 19.4 Å². The van der Waals surface area contributed by atoms with E-state index in [0.717, 1.165) is 17.4 Å². The molecule has 1 aromatic carbocycles. The zero-order chi connectivity index (χ0) is 14.2. The Labute approximate surface area is 131 Å². The van der Waals surface area contributed by atoms with E-state index >= 15 is 0 Å². The minimum atomic E-state index is 0.517. The molecule has 1 aliphatic heterocycles. The first-order valence-electron chi connectivity index (χ1n) is 7.46. The van der Waals surface area contributed by atoms with Crippen molar-refractivity contribution < 1.29 is 4.74 Å². The minimum absolute atomic E-state index is 0.517. The molecule has 1 heterocycles. The van der Waals surface area contributed by atoms with E-state index in [0.29, 0.717) is 12.1 Å². The zero-order valence-electron chi connectivity index (χ0n) is 12.1. The largest absolute Gasteiger partial charge is 0.378 e. The molecule has 0 spiro atoms. The maximum Gasteiger partial charge on any atom is 0.0576 e. The third-order valence-electron chi connectivity index (χ3n) is 3.79. The van der Waals surface area contributed by atoms with Gasteiger partial charge in [0.15, 0.2) is 0 Å². The molecular weight excluding hydrogens is 290 g/mol. The van der Waals surface area contributed by atoms with E-state index in [1.165, 1.54) is 37.0 Å². The molecule has 2 atom stereocenters. The number of hydrogen-bond donors (Lipinski definition) is 1. The predicted octanol–water partition coefficient (Wildman–Crippen LogP) is 4.37. The predicted molar refractivity (Wildman–Crippen MR) is 87.8 cm³/mol. The molecule has 1 saturated heterocycles. The highest BCUT2D eigenvalue weighted by Gasteiger charge is 2.16. The molecule has 0 aliphatic carbocycles. The van der Waals surface area contributed by atoms with Crippen LogP contribution >= 0.6 is 23.4 Å². The first kappa shape index (κ1) is 16.2. The first-order chi connectivity index (χ1) is 9.79. The molecule has 112 valence electrons. The zero-order valence-corrected chi connectivity index (χ0v) is 13.7. The van der Waals surface area contributed by atoms with Crippen LogP contribution in [0.5, 0.6) is 0 Å². The highest BCUT2D eigenvalue weighted by molar-refractivity contribution is 7.99. The van der Waals surface area contributed by atoms with Crippen molar-refractivity contribution in [2.45, 2.75) is 49.1 Å². The second kappa shape index (κ2) is 8.93. The normalized spacial score (nSPS) is 20.2. The number of hydrogen-bond acceptors (Lipinski definition) is 3. The van der Waals surface area contributed by atoms with Gasteiger partial charge < -0.3 is 10.1 Å². The maximum atomic E-state index is 6.18. The second-order valence-electron chi connectivity index (χ2n) is 5.29. The molecular formula is C16H24ClNOS. The monoisotopic (exact) mass is 313 g/mol. The average Bonchev–Trinajstić information content (AvgIpc) is 2.97. The molecule has 1 aliphatic rings. The van der Waals surface area contributed by atoms with Crippen LogP contribution in [0.3, 0.4) is 0 Å². The van der Waals surface area contributed by atoms with E-state index in [2.05, 4.69) is 11.4 Å². The van der Waals surface area contributed by atoms with Gasteiger partial charge in [-0.1, -0.05) is 23.7 Å². The number of benzene rings is 1. The standard InChI is InChI=1S/C16H24ClNOS/c1-18-13(6-4-7-14-8-5-11-19-14)12-20-16-10-3-2-9-15(16)17/h2-3,9-10,13-14,18H,4-8,11-12H2,1H3. The van der Waals surface area contributed by atoms with Gasteiger partial charge in [-0.15, -0.1) is 11.8 Å². The first-order valence-corrected chi connectivity index (χ1v) is 8.82. The van der Waals surface area contributed by atoms with Gasteiger partial charge in [0.05, 0.1) is 11.1 Å². The molecule has 2 nitrogen and oxygen atoms in total. The fourth-order valence-corrected chi connectivity index (χ4v) is 3.92. The van der Waals surface area contributed by atoms with Gasteiger partial charge in [-0.3, -0.25) is 0 Å². The summed E-state index contributed by atoms with van der Waals surface area (Å²) in [6.45, 7) is 0.961. The summed E-state index contributed by atoms with van der Waals surface area (Å²) >= 11 is 8.02. The van der Waals surface area contributed by atoms with Gasteiger partial charge >= 0.3 is 0 Å². The maximum absolute atomic E-state index is 6.18. The number of nitrogens with one attached hydrogen (secondary N) is 1. The van der Waals surface area contributed by atoms with Crippen molar-refractivity contribution >= 4 is 23.4 Å². The van der Waals surface area contributed by atoms with Crippen LogP contribution in [0, 0.1) is 0 Å². The van der Waals surface area contributed by atoms with Crippen molar-refractivity contribution in [3.8, 4) is 0 Å². The summed E-state index contributed by atoms with van der Waals surface area (Å²) < 4.78 is 5.67. The van der Waals surface area contributed by atoms with Crippen molar-refractivity contribution in [1.82, 2.24) is 5.32 Å². The molecule has 0 radical (unpaired) electrons. The smallest absolute Gasteiger partial charge is 0.0576 e. The third kappa shape index (κ3) is 5.28. The van der Waals surface area contributed by atoms with Gasteiger partial charge in [-0.2, -0.15) is 0 Å².